The molecule has 0 fully saturated rings. The molecule has 0 bridgehead atoms. The quantitative estimate of drug-likeness (QED) is 0.863. The summed E-state index contributed by atoms with van der Waals surface area (Å²) in [5.74, 6) is 1.06. The fourth-order valence-corrected chi connectivity index (χ4v) is 3.65. The van der Waals surface area contributed by atoms with Crippen molar-refractivity contribution in [3.8, 4) is 33.4 Å². The Bertz CT molecular complexity index is 659. The average molecular weight is 276 g/mol. The molecule has 2 heterocycles. The highest BCUT2D eigenvalue weighted by Gasteiger charge is 2.21. The minimum Gasteiger partial charge on any atom is -0.494 e. The number of thiophene rings is 2. The molecule has 0 radical (unpaired) electrons. The van der Waals surface area contributed by atoms with Gasteiger partial charge in [0.25, 0.3) is 0 Å². The molecule has 0 saturated carbocycles. The molecule has 2 aromatic heterocycles. The van der Waals surface area contributed by atoms with Gasteiger partial charge in [0.05, 0.1) is 24.0 Å². The Balaban J connectivity index is 2.64. The van der Waals surface area contributed by atoms with E-state index in [1.54, 1.807) is 10.8 Å². The molecular formula is C12H8N2O2S2. The van der Waals surface area contributed by atoms with Crippen LogP contribution in [0.4, 0.5) is 0 Å². The van der Waals surface area contributed by atoms with Gasteiger partial charge in [-0.3, -0.25) is 0 Å². The van der Waals surface area contributed by atoms with Crippen molar-refractivity contribution in [2.45, 2.75) is 0 Å². The molecule has 2 rings (SSSR count). The molecule has 0 amide bonds. The Morgan fingerprint density at radius 2 is 1.72 bits per heavy atom. The van der Waals surface area contributed by atoms with Crippen molar-refractivity contribution in [3.05, 3.63) is 21.9 Å². The van der Waals surface area contributed by atoms with Crippen LogP contribution in [0, 0.1) is 22.7 Å². The van der Waals surface area contributed by atoms with Gasteiger partial charge in [-0.05, 0) is 0 Å². The maximum Gasteiger partial charge on any atom is 0.156 e. The zero-order chi connectivity index (χ0) is 13.1. The lowest BCUT2D eigenvalue weighted by molar-refractivity contribution is 0.415. The first kappa shape index (κ1) is 12.4. The molecule has 0 aromatic carbocycles. The van der Waals surface area contributed by atoms with E-state index in [1.165, 1.54) is 36.9 Å². The fraction of sp³-hybridized carbons (Fsp3) is 0.167. The highest BCUT2D eigenvalue weighted by Crippen LogP contribution is 2.45. The van der Waals surface area contributed by atoms with Gasteiger partial charge in [0, 0.05) is 10.8 Å². The number of hydrogen-bond acceptors (Lipinski definition) is 6. The monoisotopic (exact) mass is 276 g/mol. The van der Waals surface area contributed by atoms with Gasteiger partial charge in [-0.15, -0.1) is 22.7 Å². The topological polar surface area (TPSA) is 66.0 Å². The third-order valence-corrected chi connectivity index (χ3v) is 4.45. The maximum atomic E-state index is 9.18. The summed E-state index contributed by atoms with van der Waals surface area (Å²) >= 11 is 2.79. The molecule has 0 aliphatic carbocycles. The zero-order valence-electron chi connectivity index (χ0n) is 9.68. The molecule has 0 atom stereocenters. The molecule has 4 nitrogen and oxygen atoms in total. The minimum absolute atomic E-state index is 0.479. The van der Waals surface area contributed by atoms with Crippen LogP contribution in [-0.4, -0.2) is 14.2 Å². The predicted molar refractivity (Wildman–Crippen MR) is 70.2 cm³/mol. The van der Waals surface area contributed by atoms with Gasteiger partial charge in [-0.25, -0.2) is 0 Å². The Labute approximate surface area is 112 Å². The van der Waals surface area contributed by atoms with E-state index in [2.05, 4.69) is 12.1 Å². The van der Waals surface area contributed by atoms with Crippen LogP contribution in [0.1, 0.15) is 11.1 Å². The molecule has 0 N–H and O–H groups in total. The SMILES string of the molecule is COc1csc(-c2scc(C#N)c2OC)c1C#N. The first-order valence-corrected chi connectivity index (χ1v) is 6.64. The van der Waals surface area contributed by atoms with Crippen LogP contribution in [-0.2, 0) is 0 Å². The Morgan fingerprint density at radius 3 is 2.28 bits per heavy atom. The van der Waals surface area contributed by atoms with Crippen molar-refractivity contribution in [1.29, 1.82) is 10.5 Å². The molecule has 0 unspecified atom stereocenters. The summed E-state index contributed by atoms with van der Waals surface area (Å²) in [6.45, 7) is 0. The van der Waals surface area contributed by atoms with E-state index in [9.17, 15) is 5.26 Å². The van der Waals surface area contributed by atoms with Crippen LogP contribution in [0.25, 0.3) is 9.75 Å². The second-order valence-corrected chi connectivity index (χ2v) is 5.00. The van der Waals surface area contributed by atoms with Crippen LogP contribution in [0.2, 0.25) is 0 Å². The van der Waals surface area contributed by atoms with Gasteiger partial charge in [0.15, 0.2) is 5.75 Å². The van der Waals surface area contributed by atoms with E-state index in [4.69, 9.17) is 14.7 Å². The zero-order valence-corrected chi connectivity index (χ0v) is 11.3. The molecule has 0 aliphatic rings. The number of nitriles is 2. The highest BCUT2D eigenvalue weighted by molar-refractivity contribution is 7.21. The second kappa shape index (κ2) is 5.09. The molecule has 0 aliphatic heterocycles. The van der Waals surface area contributed by atoms with Gasteiger partial charge in [-0.2, -0.15) is 10.5 Å². The van der Waals surface area contributed by atoms with Gasteiger partial charge < -0.3 is 9.47 Å². The van der Waals surface area contributed by atoms with Crippen LogP contribution in [0.15, 0.2) is 10.8 Å². The summed E-state index contributed by atoms with van der Waals surface area (Å²) in [5.41, 5.74) is 0.959. The van der Waals surface area contributed by atoms with Gasteiger partial charge >= 0.3 is 0 Å². The summed E-state index contributed by atoms with van der Waals surface area (Å²) in [6, 6.07) is 4.20. The van der Waals surface area contributed by atoms with Crippen molar-refractivity contribution in [2.24, 2.45) is 0 Å². The lowest BCUT2D eigenvalue weighted by Crippen LogP contribution is -1.87. The minimum atomic E-state index is 0.479. The largest absolute Gasteiger partial charge is 0.494 e. The summed E-state index contributed by atoms with van der Waals surface area (Å²) in [7, 11) is 3.04. The van der Waals surface area contributed by atoms with Crippen LogP contribution in [0.3, 0.4) is 0 Å². The number of methoxy groups -OCH3 is 2. The highest BCUT2D eigenvalue weighted by atomic mass is 32.1. The third-order valence-electron chi connectivity index (χ3n) is 2.37. The van der Waals surface area contributed by atoms with Gasteiger partial charge in [-0.1, -0.05) is 0 Å². The smallest absolute Gasteiger partial charge is 0.156 e. The number of nitrogens with zero attached hydrogens (tertiary/aromatic N) is 2. The van der Waals surface area contributed by atoms with Crippen molar-refractivity contribution in [3.63, 3.8) is 0 Å². The predicted octanol–water partition coefficient (Wildman–Crippen LogP) is 3.24. The summed E-state index contributed by atoms with van der Waals surface area (Å²) in [5, 5.41) is 21.7. The first-order valence-electron chi connectivity index (χ1n) is 4.88. The lowest BCUT2D eigenvalue weighted by Gasteiger charge is -2.01. The first-order chi connectivity index (χ1) is 8.76. The molecule has 90 valence electrons. The van der Waals surface area contributed by atoms with Crippen molar-refractivity contribution < 1.29 is 9.47 Å². The molecule has 18 heavy (non-hydrogen) atoms. The average Bonchev–Trinajstić information content (AvgIpc) is 3.00. The standard InChI is InChI=1S/C12H8N2O2S2/c1-15-9-6-18-11(8(9)4-14)12-10(16-2)7(3-13)5-17-12/h5-6H,1-2H3. The third kappa shape index (κ3) is 1.82. The number of rotatable bonds is 3. The molecular weight excluding hydrogens is 268 g/mol. The summed E-state index contributed by atoms with van der Waals surface area (Å²) in [4.78, 5) is 1.57. The Morgan fingerprint density at radius 1 is 1.00 bits per heavy atom. The molecule has 6 heteroatoms. The van der Waals surface area contributed by atoms with E-state index < -0.39 is 0 Å². The van der Waals surface area contributed by atoms with Gasteiger partial charge in [0.1, 0.15) is 29.0 Å². The van der Waals surface area contributed by atoms with Crippen molar-refractivity contribution >= 4 is 22.7 Å². The van der Waals surface area contributed by atoms with Crippen molar-refractivity contribution in [2.75, 3.05) is 14.2 Å². The maximum absolute atomic E-state index is 9.18. The fourth-order valence-electron chi connectivity index (χ4n) is 1.55. The van der Waals surface area contributed by atoms with Crippen molar-refractivity contribution in [1.82, 2.24) is 0 Å². The number of ether oxygens (including phenoxy) is 2. The Kier molecular flexibility index (Phi) is 3.52. The van der Waals surface area contributed by atoms with E-state index in [0.29, 0.717) is 22.6 Å². The van der Waals surface area contributed by atoms with E-state index >= 15 is 0 Å². The van der Waals surface area contributed by atoms with E-state index in [-0.39, 0.29) is 0 Å². The second-order valence-electron chi connectivity index (χ2n) is 3.24. The van der Waals surface area contributed by atoms with E-state index in [1.807, 2.05) is 0 Å². The van der Waals surface area contributed by atoms with E-state index in [0.717, 1.165) is 9.75 Å². The summed E-state index contributed by atoms with van der Waals surface area (Å²) < 4.78 is 10.4. The van der Waals surface area contributed by atoms with Crippen LogP contribution < -0.4 is 9.47 Å². The van der Waals surface area contributed by atoms with Crippen LogP contribution in [0.5, 0.6) is 11.5 Å². The van der Waals surface area contributed by atoms with Crippen LogP contribution >= 0.6 is 22.7 Å². The normalized spacial score (nSPS) is 9.56. The molecule has 2 aromatic rings. The lowest BCUT2D eigenvalue weighted by atomic mass is 10.2. The number of hydrogen-bond donors (Lipinski definition) is 0. The van der Waals surface area contributed by atoms with Gasteiger partial charge in [0.2, 0.25) is 0 Å². The Hall–Kier alpha value is -2.02. The molecule has 0 saturated heterocycles. The summed E-state index contributed by atoms with van der Waals surface area (Å²) in [6.07, 6.45) is 0. The molecule has 0 spiro atoms.